The number of nitrogens with zero attached hydrogens (tertiary/aromatic N) is 5. The molecular weight excluding hydrogens is 535 g/mol. The molecule has 1 aliphatic rings. The van der Waals surface area contributed by atoms with Crippen LogP contribution < -0.4 is 15.4 Å². The number of anilines is 2. The molecule has 0 saturated heterocycles. The first-order valence-electron chi connectivity index (χ1n) is 12.5. The van der Waals surface area contributed by atoms with Crippen molar-refractivity contribution >= 4 is 28.4 Å². The van der Waals surface area contributed by atoms with Gasteiger partial charge < -0.3 is 19.9 Å². The molecule has 0 unspecified atom stereocenters. The first-order valence-corrected chi connectivity index (χ1v) is 12.5. The van der Waals surface area contributed by atoms with Gasteiger partial charge in [0.15, 0.2) is 0 Å². The maximum Gasteiger partial charge on any atom is 0.409 e. The van der Waals surface area contributed by atoms with Gasteiger partial charge in [-0.05, 0) is 53.9 Å². The summed E-state index contributed by atoms with van der Waals surface area (Å²) in [7, 11) is 1.91. The molecule has 206 valence electrons. The van der Waals surface area contributed by atoms with Crippen LogP contribution in [0.25, 0.3) is 33.4 Å². The molecule has 0 spiro atoms. The molecule has 0 fully saturated rings. The largest absolute Gasteiger partial charge is 0.424 e. The summed E-state index contributed by atoms with van der Waals surface area (Å²) in [6.07, 6.45) is -1.07. The molecule has 2 aromatic carbocycles. The predicted molar refractivity (Wildman–Crippen MR) is 147 cm³/mol. The summed E-state index contributed by atoms with van der Waals surface area (Å²) in [5.41, 5.74) is 6.39. The number of alkyl halides is 3. The Labute approximate surface area is 231 Å². The summed E-state index contributed by atoms with van der Waals surface area (Å²) in [6, 6.07) is 14.7. The minimum absolute atomic E-state index is 0.103. The number of hydrogen-bond donors (Lipinski definition) is 2. The van der Waals surface area contributed by atoms with E-state index in [2.05, 4.69) is 30.6 Å². The van der Waals surface area contributed by atoms with E-state index < -0.39 is 12.1 Å². The van der Waals surface area contributed by atoms with E-state index in [1.807, 2.05) is 36.7 Å². The Morgan fingerprint density at radius 1 is 1.10 bits per heavy atom. The maximum absolute atomic E-state index is 12.4. The third kappa shape index (κ3) is 5.19. The highest BCUT2D eigenvalue weighted by molar-refractivity contribution is 6.09. The molecule has 6 rings (SSSR count). The van der Waals surface area contributed by atoms with Crippen LogP contribution in [-0.2, 0) is 18.4 Å². The summed E-state index contributed by atoms with van der Waals surface area (Å²) >= 11 is 0. The predicted octanol–water partition coefficient (Wildman–Crippen LogP) is 6.18. The molecule has 9 nitrogen and oxygen atoms in total. The van der Waals surface area contributed by atoms with Gasteiger partial charge in [-0.1, -0.05) is 18.2 Å². The zero-order chi connectivity index (χ0) is 28.7. The van der Waals surface area contributed by atoms with Crippen molar-refractivity contribution in [2.75, 3.05) is 10.6 Å². The molecular formula is C29H22F3N7O2. The number of nitrogens with one attached hydrogen (secondary N) is 2. The Bertz CT molecular complexity index is 1830. The van der Waals surface area contributed by atoms with Crippen LogP contribution in [-0.4, -0.2) is 36.6 Å². The highest BCUT2D eigenvalue weighted by Crippen LogP contribution is 2.46. The summed E-state index contributed by atoms with van der Waals surface area (Å²) < 4.78 is 45.1. The van der Waals surface area contributed by atoms with E-state index in [0.717, 1.165) is 44.7 Å². The van der Waals surface area contributed by atoms with Crippen LogP contribution in [0.2, 0.25) is 0 Å². The average molecular weight is 558 g/mol. The molecule has 2 N–H and O–H groups in total. The second kappa shape index (κ2) is 10.0. The number of carbonyl (C=O) groups is 1. The third-order valence-corrected chi connectivity index (χ3v) is 6.59. The van der Waals surface area contributed by atoms with Gasteiger partial charge >= 0.3 is 12.2 Å². The molecule has 4 heterocycles. The van der Waals surface area contributed by atoms with Crippen molar-refractivity contribution in [3.63, 3.8) is 0 Å². The molecule has 1 amide bonds. The van der Waals surface area contributed by atoms with Gasteiger partial charge in [0.2, 0.25) is 5.91 Å². The van der Waals surface area contributed by atoms with Crippen LogP contribution in [0.5, 0.6) is 11.8 Å². The Kier molecular flexibility index (Phi) is 6.37. The van der Waals surface area contributed by atoms with E-state index in [9.17, 15) is 18.0 Å². The minimum Gasteiger partial charge on any atom is -0.424 e. The number of fused-ring (bicyclic) bond motifs is 2. The van der Waals surface area contributed by atoms with Gasteiger partial charge in [-0.2, -0.15) is 13.2 Å². The second-order valence-electron chi connectivity index (χ2n) is 9.40. The maximum atomic E-state index is 12.4. The molecule has 41 heavy (non-hydrogen) atoms. The summed E-state index contributed by atoms with van der Waals surface area (Å²) in [5, 5.41) is 6.71. The number of rotatable bonds is 5. The lowest BCUT2D eigenvalue weighted by Crippen LogP contribution is -2.10. The average Bonchev–Trinajstić information content (AvgIpc) is 3.13. The van der Waals surface area contributed by atoms with Crippen LogP contribution >= 0.6 is 0 Å². The molecule has 0 aliphatic carbocycles. The first kappa shape index (κ1) is 26.0. The van der Waals surface area contributed by atoms with Crippen LogP contribution in [0.3, 0.4) is 0 Å². The standard InChI is InChI=1S/C29H22F3N7O2/c1-16-10-12-33-28(37-16)41-20-7-8-21-18(13-20)14-34-26-24-23(21)25(39(2)27(24)36-15-35-26)17-3-5-19(6-4-17)38-22(40)9-11-29(30,31)32/h3-13,15H,14H2,1-2H3,(H,38,40)(H,34,35,36)/b11-9+. The number of aromatic nitrogens is 5. The summed E-state index contributed by atoms with van der Waals surface area (Å²) in [4.78, 5) is 29.4. The number of ether oxygens (including phenoxy) is 1. The zero-order valence-electron chi connectivity index (χ0n) is 21.8. The van der Waals surface area contributed by atoms with Gasteiger partial charge in [-0.25, -0.2) is 19.9 Å². The number of halogens is 3. The lowest BCUT2D eigenvalue weighted by molar-refractivity contribution is -0.112. The number of aryl methyl sites for hydroxylation is 2. The van der Waals surface area contributed by atoms with Gasteiger partial charge in [0.1, 0.15) is 23.5 Å². The lowest BCUT2D eigenvalue weighted by atomic mass is 9.95. The minimum atomic E-state index is -4.57. The Morgan fingerprint density at radius 2 is 1.90 bits per heavy atom. The quantitative estimate of drug-likeness (QED) is 0.249. The monoisotopic (exact) mass is 557 g/mol. The van der Waals surface area contributed by atoms with Crippen molar-refractivity contribution in [1.82, 2.24) is 24.5 Å². The fourth-order valence-corrected chi connectivity index (χ4v) is 4.84. The Balaban J connectivity index is 1.40. The van der Waals surface area contributed by atoms with Crippen LogP contribution in [0.4, 0.5) is 24.7 Å². The van der Waals surface area contributed by atoms with Crippen molar-refractivity contribution in [2.45, 2.75) is 19.6 Å². The number of benzene rings is 2. The molecule has 0 saturated carbocycles. The third-order valence-electron chi connectivity index (χ3n) is 6.59. The fourth-order valence-electron chi connectivity index (χ4n) is 4.84. The topological polar surface area (TPSA) is 107 Å². The van der Waals surface area contributed by atoms with E-state index in [-0.39, 0.29) is 12.1 Å². The van der Waals surface area contributed by atoms with Gasteiger partial charge in [0, 0.05) is 48.9 Å². The second-order valence-corrected chi connectivity index (χ2v) is 9.40. The van der Waals surface area contributed by atoms with E-state index in [0.29, 0.717) is 29.9 Å². The zero-order valence-corrected chi connectivity index (χ0v) is 21.8. The van der Waals surface area contributed by atoms with E-state index in [1.165, 1.54) is 6.33 Å². The fraction of sp³-hybridized carbons (Fsp3) is 0.138. The molecule has 5 aromatic rings. The first-order chi connectivity index (χ1) is 19.7. The number of allylic oxidation sites excluding steroid dienone is 1. The van der Waals surface area contributed by atoms with Gasteiger partial charge in [0.05, 0.1) is 11.1 Å². The SMILES string of the molecule is Cc1ccnc(Oc2ccc3c(c2)CNc2ncnc4c2c-3c(-c2ccc(NC(=O)/C=C/C(F)(F)F)cc2)n4C)n1. The van der Waals surface area contributed by atoms with Gasteiger partial charge in [0.25, 0.3) is 0 Å². The normalized spacial score (nSPS) is 12.6. The van der Waals surface area contributed by atoms with Gasteiger partial charge in [-0.15, -0.1) is 0 Å². The van der Waals surface area contributed by atoms with Crippen molar-refractivity contribution in [1.29, 1.82) is 0 Å². The van der Waals surface area contributed by atoms with E-state index in [4.69, 9.17) is 4.74 Å². The summed E-state index contributed by atoms with van der Waals surface area (Å²) in [5.74, 6) is 0.398. The molecule has 3 aromatic heterocycles. The van der Waals surface area contributed by atoms with Gasteiger partial charge in [-0.3, -0.25) is 4.79 Å². The smallest absolute Gasteiger partial charge is 0.409 e. The van der Waals surface area contributed by atoms with Crippen molar-refractivity contribution in [3.05, 3.63) is 84.5 Å². The summed E-state index contributed by atoms with van der Waals surface area (Å²) in [6.45, 7) is 2.35. The van der Waals surface area contributed by atoms with Crippen LogP contribution in [0.1, 0.15) is 11.3 Å². The van der Waals surface area contributed by atoms with Crippen LogP contribution in [0, 0.1) is 6.92 Å². The number of amides is 1. The van der Waals surface area contributed by atoms with E-state index >= 15 is 0 Å². The Morgan fingerprint density at radius 3 is 2.66 bits per heavy atom. The highest BCUT2D eigenvalue weighted by atomic mass is 19.4. The number of hydrogen-bond acceptors (Lipinski definition) is 7. The highest BCUT2D eigenvalue weighted by Gasteiger charge is 2.27. The Hall–Kier alpha value is -5.26. The molecule has 1 aliphatic heterocycles. The van der Waals surface area contributed by atoms with Crippen molar-refractivity contribution in [2.24, 2.45) is 7.05 Å². The number of carbonyl (C=O) groups excluding carboxylic acids is 1. The van der Waals surface area contributed by atoms with Crippen molar-refractivity contribution < 1.29 is 22.7 Å². The molecule has 12 heteroatoms. The van der Waals surface area contributed by atoms with Crippen molar-refractivity contribution in [3.8, 4) is 34.1 Å². The molecule has 0 atom stereocenters. The van der Waals surface area contributed by atoms with Crippen LogP contribution in [0.15, 0.2) is 73.2 Å². The lowest BCUT2D eigenvalue weighted by Gasteiger charge is -2.14. The molecule has 0 radical (unpaired) electrons. The molecule has 0 bridgehead atoms. The van der Waals surface area contributed by atoms with E-state index in [1.54, 1.807) is 36.5 Å².